The van der Waals surface area contributed by atoms with Gasteiger partial charge in [0.2, 0.25) is 0 Å². The molecule has 1 N–H and O–H groups in total. The Morgan fingerprint density at radius 3 is 3.00 bits per heavy atom. The fraction of sp³-hybridized carbons (Fsp3) is 0.0909. The van der Waals surface area contributed by atoms with Crippen LogP contribution in [0.2, 0.25) is 5.02 Å². The van der Waals surface area contributed by atoms with Crippen LogP contribution in [0.15, 0.2) is 29.2 Å². The van der Waals surface area contributed by atoms with Gasteiger partial charge in [0.15, 0.2) is 5.52 Å². The number of hydrogen-bond acceptors (Lipinski definition) is 2. The molecular formula is C11H8ClN3O. The van der Waals surface area contributed by atoms with E-state index in [9.17, 15) is 4.79 Å². The number of halogens is 1. The van der Waals surface area contributed by atoms with E-state index in [2.05, 4.69) is 10.1 Å². The minimum atomic E-state index is -0.176. The maximum absolute atomic E-state index is 11.7. The van der Waals surface area contributed by atoms with Crippen LogP contribution in [0.3, 0.4) is 0 Å². The molecule has 0 aliphatic rings. The van der Waals surface area contributed by atoms with Gasteiger partial charge in [0.05, 0.1) is 0 Å². The van der Waals surface area contributed by atoms with Crippen LogP contribution in [-0.4, -0.2) is 14.8 Å². The summed E-state index contributed by atoms with van der Waals surface area (Å²) in [6.45, 7) is 0. The molecule has 1 aromatic carbocycles. The molecular weight excluding hydrogens is 226 g/mol. The van der Waals surface area contributed by atoms with Crippen LogP contribution in [-0.2, 0) is 7.05 Å². The second-order valence-electron chi connectivity index (χ2n) is 3.71. The lowest BCUT2D eigenvalue weighted by Crippen LogP contribution is -2.06. The molecule has 80 valence electrons. The Balaban J connectivity index is 2.65. The second-order valence-corrected chi connectivity index (χ2v) is 4.15. The van der Waals surface area contributed by atoms with Crippen molar-refractivity contribution in [3.8, 4) is 0 Å². The molecule has 0 aliphatic carbocycles. The van der Waals surface area contributed by atoms with Gasteiger partial charge in [-0.05, 0) is 18.2 Å². The van der Waals surface area contributed by atoms with Gasteiger partial charge in [0, 0.05) is 34.6 Å². The summed E-state index contributed by atoms with van der Waals surface area (Å²) in [7, 11) is 1.79. The highest BCUT2D eigenvalue weighted by atomic mass is 35.5. The number of benzene rings is 1. The summed E-state index contributed by atoms with van der Waals surface area (Å²) in [6, 6.07) is 5.38. The van der Waals surface area contributed by atoms with Crippen molar-refractivity contribution in [2.45, 2.75) is 0 Å². The highest BCUT2D eigenvalue weighted by Gasteiger charge is 2.08. The van der Waals surface area contributed by atoms with Gasteiger partial charge < -0.3 is 4.98 Å². The van der Waals surface area contributed by atoms with Crippen molar-refractivity contribution in [2.24, 2.45) is 7.05 Å². The van der Waals surface area contributed by atoms with E-state index in [1.165, 1.54) is 0 Å². The fourth-order valence-corrected chi connectivity index (χ4v) is 2.06. The molecule has 3 rings (SSSR count). The summed E-state index contributed by atoms with van der Waals surface area (Å²) in [5, 5.41) is 6.50. The van der Waals surface area contributed by atoms with E-state index in [0.29, 0.717) is 10.5 Å². The number of fused-ring (bicyclic) bond motifs is 3. The second kappa shape index (κ2) is 3.09. The average molecular weight is 234 g/mol. The summed E-state index contributed by atoms with van der Waals surface area (Å²) < 4.78 is 1.63. The fourth-order valence-electron chi connectivity index (χ4n) is 1.88. The van der Waals surface area contributed by atoms with Crippen molar-refractivity contribution in [1.82, 2.24) is 14.8 Å². The number of nitrogens with zero attached hydrogens (tertiary/aromatic N) is 2. The average Bonchev–Trinajstić information content (AvgIpc) is 2.62. The smallest absolute Gasteiger partial charge is 0.276 e. The number of pyridine rings is 1. The lowest BCUT2D eigenvalue weighted by atomic mass is 10.1. The van der Waals surface area contributed by atoms with Gasteiger partial charge in [-0.1, -0.05) is 11.6 Å². The quantitative estimate of drug-likeness (QED) is 0.646. The first-order valence-electron chi connectivity index (χ1n) is 4.80. The zero-order valence-electron chi connectivity index (χ0n) is 8.49. The van der Waals surface area contributed by atoms with Gasteiger partial charge >= 0.3 is 0 Å². The van der Waals surface area contributed by atoms with E-state index < -0.39 is 0 Å². The van der Waals surface area contributed by atoms with Gasteiger partial charge in [-0.15, -0.1) is 0 Å². The van der Waals surface area contributed by atoms with Crippen LogP contribution in [0.4, 0.5) is 0 Å². The van der Waals surface area contributed by atoms with Gasteiger partial charge in [-0.2, -0.15) is 5.10 Å². The Bertz CT molecular complexity index is 757. The topological polar surface area (TPSA) is 50.7 Å². The number of H-pyrrole nitrogens is 1. The maximum atomic E-state index is 11.7. The van der Waals surface area contributed by atoms with Crippen molar-refractivity contribution >= 4 is 33.4 Å². The summed E-state index contributed by atoms with van der Waals surface area (Å²) in [4.78, 5) is 14.5. The molecule has 3 aromatic rings. The van der Waals surface area contributed by atoms with Crippen molar-refractivity contribution in [1.29, 1.82) is 0 Å². The number of hydrogen-bond donors (Lipinski definition) is 1. The van der Waals surface area contributed by atoms with Crippen molar-refractivity contribution in [3.05, 3.63) is 39.8 Å². The van der Waals surface area contributed by atoms with Crippen LogP contribution in [0.5, 0.6) is 0 Å². The van der Waals surface area contributed by atoms with Crippen LogP contribution in [0, 0.1) is 0 Å². The molecule has 0 atom stereocenters. The first kappa shape index (κ1) is 9.42. The molecule has 16 heavy (non-hydrogen) atoms. The summed E-state index contributed by atoms with van der Waals surface area (Å²) in [6.07, 6.45) is 1.82. The first-order chi connectivity index (χ1) is 7.65. The molecule has 0 unspecified atom stereocenters. The summed E-state index contributed by atoms with van der Waals surface area (Å²) in [5.74, 6) is 0. The number of aromatic amines is 1. The molecule has 0 spiro atoms. The van der Waals surface area contributed by atoms with Crippen LogP contribution in [0.25, 0.3) is 21.8 Å². The predicted octanol–water partition coefficient (Wildman–Crippen LogP) is 2.07. The Hall–Kier alpha value is -1.81. The van der Waals surface area contributed by atoms with Gasteiger partial charge in [0.25, 0.3) is 5.56 Å². The van der Waals surface area contributed by atoms with E-state index in [4.69, 9.17) is 11.6 Å². The van der Waals surface area contributed by atoms with Gasteiger partial charge in [-0.25, -0.2) is 0 Å². The highest BCUT2D eigenvalue weighted by molar-refractivity contribution is 6.31. The zero-order valence-corrected chi connectivity index (χ0v) is 9.25. The number of nitrogens with one attached hydrogen (secondary N) is 1. The van der Waals surface area contributed by atoms with E-state index >= 15 is 0 Å². The van der Waals surface area contributed by atoms with Gasteiger partial charge in [-0.3, -0.25) is 9.48 Å². The highest BCUT2D eigenvalue weighted by Crippen LogP contribution is 2.23. The number of aromatic nitrogens is 3. The SMILES string of the molecule is Cn1cc2c(n1)c(=O)[nH]c1ccc(Cl)cc12. The van der Waals surface area contributed by atoms with E-state index in [1.54, 1.807) is 23.9 Å². The molecule has 0 fully saturated rings. The van der Waals surface area contributed by atoms with Crippen LogP contribution < -0.4 is 5.56 Å². The maximum Gasteiger partial charge on any atom is 0.276 e. The molecule has 0 amide bonds. The third kappa shape index (κ3) is 1.23. The predicted molar refractivity (Wildman–Crippen MR) is 63.9 cm³/mol. The molecule has 5 heteroatoms. The number of rotatable bonds is 0. The monoisotopic (exact) mass is 233 g/mol. The Morgan fingerprint density at radius 1 is 1.38 bits per heavy atom. The van der Waals surface area contributed by atoms with Crippen molar-refractivity contribution < 1.29 is 0 Å². The Labute approximate surface area is 95.5 Å². The van der Waals surface area contributed by atoms with Gasteiger partial charge in [0.1, 0.15) is 0 Å². The zero-order chi connectivity index (χ0) is 11.3. The molecule has 0 saturated heterocycles. The third-order valence-electron chi connectivity index (χ3n) is 2.56. The minimum absolute atomic E-state index is 0.176. The Morgan fingerprint density at radius 2 is 2.19 bits per heavy atom. The van der Waals surface area contributed by atoms with E-state index in [0.717, 1.165) is 16.3 Å². The lowest BCUT2D eigenvalue weighted by molar-refractivity contribution is 0.778. The standard InChI is InChI=1S/C11H8ClN3O/c1-15-5-8-7-4-6(12)2-3-9(7)13-11(16)10(8)14-15/h2-5H,1H3,(H,13,16). The van der Waals surface area contributed by atoms with Crippen LogP contribution in [0.1, 0.15) is 0 Å². The first-order valence-corrected chi connectivity index (χ1v) is 5.18. The van der Waals surface area contributed by atoms with Crippen molar-refractivity contribution in [2.75, 3.05) is 0 Å². The van der Waals surface area contributed by atoms with E-state index in [1.807, 2.05) is 12.3 Å². The van der Waals surface area contributed by atoms with E-state index in [-0.39, 0.29) is 5.56 Å². The van der Waals surface area contributed by atoms with Crippen LogP contribution >= 0.6 is 11.6 Å². The summed E-state index contributed by atoms with van der Waals surface area (Å²) >= 11 is 5.95. The molecule has 0 radical (unpaired) electrons. The number of aryl methyl sites for hydroxylation is 1. The molecule has 0 bridgehead atoms. The molecule has 2 aromatic heterocycles. The molecule has 0 saturated carbocycles. The summed E-state index contributed by atoms with van der Waals surface area (Å²) in [5.41, 5.74) is 1.04. The normalized spacial score (nSPS) is 11.4. The van der Waals surface area contributed by atoms with Crippen molar-refractivity contribution in [3.63, 3.8) is 0 Å². The molecule has 4 nitrogen and oxygen atoms in total. The Kier molecular flexibility index (Phi) is 1.82. The minimum Gasteiger partial charge on any atom is -0.320 e. The lowest BCUT2D eigenvalue weighted by Gasteiger charge is -1.98. The largest absolute Gasteiger partial charge is 0.320 e. The third-order valence-corrected chi connectivity index (χ3v) is 2.80. The molecule has 2 heterocycles. The molecule has 0 aliphatic heterocycles.